The molecule has 0 atom stereocenters. The summed E-state index contributed by atoms with van der Waals surface area (Å²) in [5.41, 5.74) is 5.43. The van der Waals surface area contributed by atoms with E-state index >= 15 is 0 Å². The molecule has 0 aromatic heterocycles. The maximum Gasteiger partial charge on any atom is 0.0870 e. The molecule has 0 aliphatic rings. The Balaban J connectivity index is 3.78. The van der Waals surface area contributed by atoms with Gasteiger partial charge in [-0.1, -0.05) is 12.2 Å². The minimum absolute atomic E-state index is 0.223. The summed E-state index contributed by atoms with van der Waals surface area (Å²) < 4.78 is 0. The molecular formula is C8H18N2OS. The second kappa shape index (κ2) is 6.34. The van der Waals surface area contributed by atoms with E-state index in [1.807, 2.05) is 0 Å². The summed E-state index contributed by atoms with van der Waals surface area (Å²) in [5.74, 6) is 0. The Kier molecular flexibility index (Phi) is 6.24. The third-order valence-electron chi connectivity index (χ3n) is 1.69. The SMILES string of the molecule is CC(C)N(CCCO)CC(N)=S. The first-order valence-corrected chi connectivity index (χ1v) is 4.62. The van der Waals surface area contributed by atoms with Crippen molar-refractivity contribution >= 4 is 17.2 Å². The molecule has 0 bridgehead atoms. The van der Waals surface area contributed by atoms with Crippen LogP contribution in [0.15, 0.2) is 0 Å². The Morgan fingerprint density at radius 1 is 1.58 bits per heavy atom. The van der Waals surface area contributed by atoms with Crippen LogP contribution < -0.4 is 5.73 Å². The Morgan fingerprint density at radius 3 is 2.50 bits per heavy atom. The van der Waals surface area contributed by atoms with Crippen molar-refractivity contribution in [1.82, 2.24) is 4.90 Å². The highest BCUT2D eigenvalue weighted by Gasteiger charge is 2.08. The van der Waals surface area contributed by atoms with E-state index in [0.29, 0.717) is 17.6 Å². The number of rotatable bonds is 6. The lowest BCUT2D eigenvalue weighted by Crippen LogP contribution is -2.38. The molecule has 0 rings (SSSR count). The van der Waals surface area contributed by atoms with Crippen LogP contribution in [0.3, 0.4) is 0 Å². The van der Waals surface area contributed by atoms with Crippen LogP contribution in [-0.4, -0.2) is 40.7 Å². The highest BCUT2D eigenvalue weighted by atomic mass is 32.1. The van der Waals surface area contributed by atoms with Crippen LogP contribution in [0.1, 0.15) is 20.3 Å². The van der Waals surface area contributed by atoms with Crippen LogP contribution in [0.4, 0.5) is 0 Å². The van der Waals surface area contributed by atoms with Crippen molar-refractivity contribution < 1.29 is 5.11 Å². The summed E-state index contributed by atoms with van der Waals surface area (Å²) in [6, 6.07) is 0.429. The topological polar surface area (TPSA) is 49.5 Å². The average molecular weight is 190 g/mol. The van der Waals surface area contributed by atoms with Gasteiger partial charge in [0.1, 0.15) is 0 Å². The van der Waals surface area contributed by atoms with Gasteiger partial charge >= 0.3 is 0 Å². The van der Waals surface area contributed by atoms with Crippen molar-refractivity contribution in [2.45, 2.75) is 26.3 Å². The summed E-state index contributed by atoms with van der Waals surface area (Å²) in [5, 5.41) is 8.64. The van der Waals surface area contributed by atoms with Gasteiger partial charge in [-0.25, -0.2) is 0 Å². The molecule has 0 aliphatic carbocycles. The van der Waals surface area contributed by atoms with E-state index in [2.05, 4.69) is 18.7 Å². The number of hydrogen-bond acceptors (Lipinski definition) is 3. The lowest BCUT2D eigenvalue weighted by atomic mass is 10.3. The van der Waals surface area contributed by atoms with E-state index in [0.717, 1.165) is 13.0 Å². The minimum Gasteiger partial charge on any atom is -0.396 e. The molecule has 0 unspecified atom stereocenters. The maximum atomic E-state index is 8.64. The summed E-state index contributed by atoms with van der Waals surface area (Å²) in [6.45, 7) is 5.91. The third-order valence-corrected chi connectivity index (χ3v) is 1.82. The molecule has 3 N–H and O–H groups in total. The molecule has 0 saturated heterocycles. The third kappa shape index (κ3) is 5.46. The van der Waals surface area contributed by atoms with Crippen LogP contribution in [-0.2, 0) is 0 Å². The number of nitrogens with two attached hydrogens (primary N) is 1. The quantitative estimate of drug-likeness (QED) is 0.594. The lowest BCUT2D eigenvalue weighted by Gasteiger charge is -2.25. The first-order valence-electron chi connectivity index (χ1n) is 4.21. The molecule has 0 aromatic carbocycles. The van der Waals surface area contributed by atoms with E-state index in [1.165, 1.54) is 0 Å². The zero-order chi connectivity index (χ0) is 9.56. The zero-order valence-electron chi connectivity index (χ0n) is 7.79. The van der Waals surface area contributed by atoms with Gasteiger partial charge in [0.15, 0.2) is 0 Å². The van der Waals surface area contributed by atoms with Gasteiger partial charge in [0.25, 0.3) is 0 Å². The van der Waals surface area contributed by atoms with Crippen LogP contribution in [0, 0.1) is 0 Å². The van der Waals surface area contributed by atoms with Crippen molar-refractivity contribution in [3.8, 4) is 0 Å². The van der Waals surface area contributed by atoms with Crippen molar-refractivity contribution in [2.24, 2.45) is 5.73 Å². The predicted molar refractivity (Wildman–Crippen MR) is 55.2 cm³/mol. The molecule has 0 amide bonds. The molecule has 0 fully saturated rings. The second-order valence-corrected chi connectivity index (χ2v) is 3.63. The van der Waals surface area contributed by atoms with Gasteiger partial charge in [-0.3, -0.25) is 4.90 Å². The number of hydrogen-bond donors (Lipinski definition) is 2. The van der Waals surface area contributed by atoms with Crippen molar-refractivity contribution in [1.29, 1.82) is 0 Å². The summed E-state index contributed by atoms with van der Waals surface area (Å²) >= 11 is 4.82. The fourth-order valence-electron chi connectivity index (χ4n) is 0.994. The Morgan fingerprint density at radius 2 is 2.17 bits per heavy atom. The number of nitrogens with zero attached hydrogens (tertiary/aromatic N) is 1. The van der Waals surface area contributed by atoms with Crippen molar-refractivity contribution in [2.75, 3.05) is 19.7 Å². The van der Waals surface area contributed by atoms with E-state index in [-0.39, 0.29) is 6.61 Å². The monoisotopic (exact) mass is 190 g/mol. The van der Waals surface area contributed by atoms with Gasteiger partial charge in [0.2, 0.25) is 0 Å². The molecule has 0 heterocycles. The van der Waals surface area contributed by atoms with Gasteiger partial charge in [-0.2, -0.15) is 0 Å². The van der Waals surface area contributed by atoms with Crippen LogP contribution in [0.25, 0.3) is 0 Å². The maximum absolute atomic E-state index is 8.64. The normalized spacial score (nSPS) is 11.1. The Bertz CT molecular complexity index is 139. The van der Waals surface area contributed by atoms with E-state index in [9.17, 15) is 0 Å². The standard InChI is InChI=1S/C8H18N2OS/c1-7(2)10(4-3-5-11)6-8(9)12/h7,11H,3-6H2,1-2H3,(H2,9,12). The van der Waals surface area contributed by atoms with Gasteiger partial charge in [-0.05, 0) is 20.3 Å². The molecule has 0 spiro atoms. The summed E-state index contributed by atoms with van der Waals surface area (Å²) in [7, 11) is 0. The molecular weight excluding hydrogens is 172 g/mol. The van der Waals surface area contributed by atoms with Crippen LogP contribution in [0.5, 0.6) is 0 Å². The van der Waals surface area contributed by atoms with E-state index in [1.54, 1.807) is 0 Å². The highest BCUT2D eigenvalue weighted by molar-refractivity contribution is 7.80. The van der Waals surface area contributed by atoms with Gasteiger partial charge in [-0.15, -0.1) is 0 Å². The molecule has 0 saturated carbocycles. The molecule has 72 valence electrons. The molecule has 3 nitrogen and oxygen atoms in total. The van der Waals surface area contributed by atoms with Crippen LogP contribution >= 0.6 is 12.2 Å². The average Bonchev–Trinajstić information content (AvgIpc) is 1.96. The largest absolute Gasteiger partial charge is 0.396 e. The first-order chi connectivity index (χ1) is 5.57. The fraction of sp³-hybridized carbons (Fsp3) is 0.875. The smallest absolute Gasteiger partial charge is 0.0870 e. The van der Waals surface area contributed by atoms with Gasteiger partial charge < -0.3 is 10.8 Å². The molecule has 0 aromatic rings. The highest BCUT2D eigenvalue weighted by Crippen LogP contribution is 1.98. The molecule has 0 radical (unpaired) electrons. The second-order valence-electron chi connectivity index (χ2n) is 3.11. The summed E-state index contributed by atoms with van der Waals surface area (Å²) in [6.07, 6.45) is 0.779. The fourth-order valence-corrected chi connectivity index (χ4v) is 1.16. The van der Waals surface area contributed by atoms with E-state index in [4.69, 9.17) is 23.1 Å². The van der Waals surface area contributed by atoms with Crippen molar-refractivity contribution in [3.63, 3.8) is 0 Å². The molecule has 0 aliphatic heterocycles. The van der Waals surface area contributed by atoms with Gasteiger partial charge in [0, 0.05) is 25.7 Å². The first kappa shape index (κ1) is 11.8. The predicted octanol–water partition coefficient (Wildman–Crippen LogP) is 0.365. The summed E-state index contributed by atoms with van der Waals surface area (Å²) in [4.78, 5) is 2.67. The Hall–Kier alpha value is -0.190. The molecule has 12 heavy (non-hydrogen) atoms. The number of thiocarbonyl (C=S) groups is 1. The lowest BCUT2D eigenvalue weighted by molar-refractivity contribution is 0.212. The van der Waals surface area contributed by atoms with Gasteiger partial charge in [0.05, 0.1) is 4.99 Å². The van der Waals surface area contributed by atoms with E-state index < -0.39 is 0 Å². The molecule has 4 heteroatoms. The van der Waals surface area contributed by atoms with Crippen molar-refractivity contribution in [3.05, 3.63) is 0 Å². The Labute approximate surface area is 79.5 Å². The zero-order valence-corrected chi connectivity index (χ0v) is 8.60. The van der Waals surface area contributed by atoms with Crippen LogP contribution in [0.2, 0.25) is 0 Å². The minimum atomic E-state index is 0.223. The number of aliphatic hydroxyl groups is 1. The number of aliphatic hydroxyl groups excluding tert-OH is 1.